The molecule has 0 bridgehead atoms. The molecule has 19 heavy (non-hydrogen) atoms. The first-order valence-corrected chi connectivity index (χ1v) is 6.01. The number of anilines is 1. The third-order valence-corrected chi connectivity index (χ3v) is 2.82. The summed E-state index contributed by atoms with van der Waals surface area (Å²) in [4.78, 5) is 4.16. The Morgan fingerprint density at radius 2 is 2.05 bits per heavy atom. The van der Waals surface area contributed by atoms with E-state index in [9.17, 15) is 0 Å². The number of aromatic nitrogens is 1. The molecule has 1 aromatic heterocycles. The molecule has 0 saturated carbocycles. The molecule has 0 aliphatic heterocycles. The van der Waals surface area contributed by atoms with E-state index in [1.807, 2.05) is 36.4 Å². The van der Waals surface area contributed by atoms with E-state index in [0.29, 0.717) is 12.1 Å². The van der Waals surface area contributed by atoms with E-state index in [1.54, 1.807) is 25.4 Å². The molecule has 0 aliphatic carbocycles. The average Bonchev–Trinajstić information content (AvgIpc) is 2.49. The molecule has 1 N–H and O–H groups in total. The summed E-state index contributed by atoms with van der Waals surface area (Å²) >= 11 is 0. The van der Waals surface area contributed by atoms with Crippen molar-refractivity contribution in [2.75, 3.05) is 19.0 Å². The van der Waals surface area contributed by atoms with Crippen LogP contribution >= 0.6 is 0 Å². The molecule has 1 heterocycles. The van der Waals surface area contributed by atoms with Crippen molar-refractivity contribution in [3.63, 3.8) is 0 Å². The summed E-state index contributed by atoms with van der Waals surface area (Å²) in [6.07, 6.45) is 1.52. The Labute approximate surface area is 112 Å². The smallest absolute Gasteiger partial charge is 0.126 e. The fourth-order valence-electron chi connectivity index (χ4n) is 1.77. The van der Waals surface area contributed by atoms with Crippen molar-refractivity contribution >= 4 is 5.82 Å². The van der Waals surface area contributed by atoms with Gasteiger partial charge in [-0.15, -0.1) is 0 Å². The van der Waals surface area contributed by atoms with E-state index >= 15 is 0 Å². The molecule has 0 saturated heterocycles. The number of nitrogens with zero attached hydrogens (tertiary/aromatic N) is 2. The lowest BCUT2D eigenvalue weighted by Gasteiger charge is -2.16. The Hall–Kier alpha value is -2.38. The van der Waals surface area contributed by atoms with Gasteiger partial charge in [0, 0.05) is 19.9 Å². The second kappa shape index (κ2) is 6.53. The second-order valence-corrected chi connectivity index (χ2v) is 4.06. The van der Waals surface area contributed by atoms with Gasteiger partial charge in [0.15, 0.2) is 0 Å². The summed E-state index contributed by atoms with van der Waals surface area (Å²) in [5.41, 5.74) is 1.67. The first kappa shape index (κ1) is 13.1. The molecule has 1 atom stereocenters. The summed E-state index contributed by atoms with van der Waals surface area (Å²) in [6.45, 7) is 0.624. The number of nitriles is 1. The molecule has 0 fully saturated rings. The van der Waals surface area contributed by atoms with Crippen molar-refractivity contribution in [3.8, 4) is 6.07 Å². The van der Waals surface area contributed by atoms with Crippen molar-refractivity contribution in [2.45, 2.75) is 6.10 Å². The number of rotatable bonds is 5. The first-order chi connectivity index (χ1) is 9.33. The number of methoxy groups -OCH3 is 1. The number of pyridine rings is 1. The zero-order valence-electron chi connectivity index (χ0n) is 10.7. The quantitative estimate of drug-likeness (QED) is 0.890. The number of hydrogen-bond acceptors (Lipinski definition) is 4. The van der Waals surface area contributed by atoms with Crippen LogP contribution in [0.2, 0.25) is 0 Å². The van der Waals surface area contributed by atoms with Gasteiger partial charge >= 0.3 is 0 Å². The molecular formula is C15H15N3O. The van der Waals surface area contributed by atoms with Crippen LogP contribution in [0.5, 0.6) is 0 Å². The van der Waals surface area contributed by atoms with Gasteiger partial charge in [0.1, 0.15) is 11.9 Å². The van der Waals surface area contributed by atoms with Crippen molar-refractivity contribution in [3.05, 3.63) is 59.8 Å². The van der Waals surface area contributed by atoms with Gasteiger partial charge in [-0.3, -0.25) is 0 Å². The number of benzene rings is 1. The Bertz CT molecular complexity index is 546. The monoisotopic (exact) mass is 253 g/mol. The second-order valence-electron chi connectivity index (χ2n) is 4.06. The normalized spacial score (nSPS) is 11.6. The van der Waals surface area contributed by atoms with Crippen molar-refractivity contribution in [2.24, 2.45) is 0 Å². The van der Waals surface area contributed by atoms with Crippen LogP contribution in [0.4, 0.5) is 5.82 Å². The van der Waals surface area contributed by atoms with Crippen LogP contribution in [0, 0.1) is 11.3 Å². The number of nitrogens with one attached hydrogen (secondary N) is 1. The summed E-state index contributed by atoms with van der Waals surface area (Å²) in [5, 5.41) is 11.9. The Morgan fingerprint density at radius 1 is 1.26 bits per heavy atom. The molecule has 2 rings (SSSR count). The fraction of sp³-hybridized carbons (Fsp3) is 0.200. The third-order valence-electron chi connectivity index (χ3n) is 2.82. The van der Waals surface area contributed by atoms with E-state index in [-0.39, 0.29) is 6.10 Å². The molecule has 96 valence electrons. The Kier molecular flexibility index (Phi) is 4.49. The molecule has 1 aromatic carbocycles. The summed E-state index contributed by atoms with van der Waals surface area (Å²) in [6, 6.07) is 15.6. The highest BCUT2D eigenvalue weighted by Crippen LogP contribution is 2.16. The van der Waals surface area contributed by atoms with Gasteiger partial charge in [-0.1, -0.05) is 30.3 Å². The minimum absolute atomic E-state index is 0.0290. The SMILES string of the molecule is COC(CNc1ccc(C#N)cn1)c1ccccc1. The largest absolute Gasteiger partial charge is 0.375 e. The van der Waals surface area contributed by atoms with Crippen LogP contribution in [0.3, 0.4) is 0 Å². The minimum Gasteiger partial charge on any atom is -0.375 e. The van der Waals surface area contributed by atoms with Crippen LogP contribution in [-0.4, -0.2) is 18.6 Å². The predicted octanol–water partition coefficient (Wildman–Crippen LogP) is 2.75. The van der Waals surface area contributed by atoms with Gasteiger partial charge in [-0.2, -0.15) is 5.26 Å². The average molecular weight is 253 g/mol. The van der Waals surface area contributed by atoms with E-state index in [1.165, 1.54) is 0 Å². The topological polar surface area (TPSA) is 57.9 Å². The zero-order chi connectivity index (χ0) is 13.5. The maximum Gasteiger partial charge on any atom is 0.126 e. The van der Waals surface area contributed by atoms with Crippen LogP contribution in [0.25, 0.3) is 0 Å². The van der Waals surface area contributed by atoms with Gasteiger partial charge in [-0.25, -0.2) is 4.98 Å². The molecule has 1 unspecified atom stereocenters. The fourth-order valence-corrected chi connectivity index (χ4v) is 1.77. The summed E-state index contributed by atoms with van der Waals surface area (Å²) in [7, 11) is 1.69. The lowest BCUT2D eigenvalue weighted by atomic mass is 10.1. The highest BCUT2D eigenvalue weighted by atomic mass is 16.5. The van der Waals surface area contributed by atoms with Gasteiger partial charge < -0.3 is 10.1 Å². The van der Waals surface area contributed by atoms with Crippen molar-refractivity contribution < 1.29 is 4.74 Å². The van der Waals surface area contributed by atoms with Crippen LogP contribution < -0.4 is 5.32 Å². The van der Waals surface area contributed by atoms with Crippen LogP contribution in [0.1, 0.15) is 17.2 Å². The molecule has 0 amide bonds. The molecule has 0 aliphatic rings. The van der Waals surface area contributed by atoms with Crippen LogP contribution in [-0.2, 0) is 4.74 Å². The zero-order valence-corrected chi connectivity index (χ0v) is 10.7. The first-order valence-electron chi connectivity index (χ1n) is 6.01. The van der Waals surface area contributed by atoms with Gasteiger partial charge in [0.2, 0.25) is 0 Å². The third kappa shape index (κ3) is 3.54. The van der Waals surface area contributed by atoms with Gasteiger partial charge in [0.05, 0.1) is 11.7 Å². The molecule has 4 nitrogen and oxygen atoms in total. The minimum atomic E-state index is -0.0290. The van der Waals surface area contributed by atoms with E-state index in [0.717, 1.165) is 11.4 Å². The molecular weight excluding hydrogens is 238 g/mol. The Balaban J connectivity index is 1.98. The summed E-state index contributed by atoms with van der Waals surface area (Å²) in [5.74, 6) is 0.733. The maximum atomic E-state index is 8.70. The van der Waals surface area contributed by atoms with Crippen molar-refractivity contribution in [1.29, 1.82) is 5.26 Å². The molecule has 4 heteroatoms. The van der Waals surface area contributed by atoms with Crippen molar-refractivity contribution in [1.82, 2.24) is 4.98 Å². The van der Waals surface area contributed by atoms with E-state index in [4.69, 9.17) is 10.00 Å². The standard InChI is InChI=1S/C15H15N3O/c1-19-14(13-5-3-2-4-6-13)11-18-15-8-7-12(9-16)10-17-15/h2-8,10,14H,11H2,1H3,(H,17,18). The molecule has 0 spiro atoms. The molecule has 0 radical (unpaired) electrons. The predicted molar refractivity (Wildman–Crippen MR) is 73.6 cm³/mol. The lowest BCUT2D eigenvalue weighted by Crippen LogP contribution is -2.15. The highest BCUT2D eigenvalue weighted by molar-refractivity contribution is 5.39. The van der Waals surface area contributed by atoms with Gasteiger partial charge in [0.25, 0.3) is 0 Å². The maximum absolute atomic E-state index is 8.70. The summed E-state index contributed by atoms with van der Waals surface area (Å²) < 4.78 is 5.46. The number of hydrogen-bond donors (Lipinski definition) is 1. The van der Waals surface area contributed by atoms with Crippen LogP contribution in [0.15, 0.2) is 48.7 Å². The number of ether oxygens (including phenoxy) is 1. The molecule has 2 aromatic rings. The lowest BCUT2D eigenvalue weighted by molar-refractivity contribution is 0.114. The van der Waals surface area contributed by atoms with Gasteiger partial charge in [-0.05, 0) is 17.7 Å². The van der Waals surface area contributed by atoms with E-state index < -0.39 is 0 Å². The highest BCUT2D eigenvalue weighted by Gasteiger charge is 2.09. The van der Waals surface area contributed by atoms with E-state index in [2.05, 4.69) is 10.3 Å². The Morgan fingerprint density at radius 3 is 2.63 bits per heavy atom.